The molecule has 4 heteroatoms. The molecular formula is C14H19NO3. The number of nitriles is 1. The summed E-state index contributed by atoms with van der Waals surface area (Å²) in [5, 5.41) is 17.5. The summed E-state index contributed by atoms with van der Waals surface area (Å²) in [6.45, 7) is 3.24. The molecule has 0 unspecified atom stereocenters. The molecular weight excluding hydrogens is 230 g/mol. The average Bonchev–Trinajstić information content (AvgIpc) is 2.40. The molecule has 98 valence electrons. The molecule has 1 rings (SSSR count). The Balaban J connectivity index is 2.55. The first-order valence-electron chi connectivity index (χ1n) is 6.22. The van der Waals surface area contributed by atoms with Gasteiger partial charge in [-0.1, -0.05) is 0 Å². The van der Waals surface area contributed by atoms with Crippen LogP contribution in [0.2, 0.25) is 0 Å². The summed E-state index contributed by atoms with van der Waals surface area (Å²) in [6, 6.07) is 7.23. The zero-order valence-corrected chi connectivity index (χ0v) is 10.7. The molecule has 0 radical (unpaired) electrons. The molecule has 0 amide bonds. The van der Waals surface area contributed by atoms with Crippen molar-refractivity contribution in [3.05, 3.63) is 23.8 Å². The normalized spacial score (nSPS) is 9.83. The van der Waals surface area contributed by atoms with Gasteiger partial charge in [-0.15, -0.1) is 0 Å². The molecule has 0 saturated carbocycles. The number of rotatable bonds is 8. The highest BCUT2D eigenvalue weighted by Gasteiger charge is 2.06. The van der Waals surface area contributed by atoms with E-state index < -0.39 is 0 Å². The maximum Gasteiger partial charge on any atom is 0.162 e. The molecule has 4 nitrogen and oxygen atoms in total. The Bertz CT molecular complexity index is 399. The summed E-state index contributed by atoms with van der Waals surface area (Å²) in [7, 11) is 0. The monoisotopic (exact) mass is 249 g/mol. The Morgan fingerprint density at radius 2 is 2.00 bits per heavy atom. The molecule has 1 N–H and O–H groups in total. The van der Waals surface area contributed by atoms with Crippen molar-refractivity contribution in [3.8, 4) is 17.6 Å². The fraction of sp³-hybridized carbons (Fsp3) is 0.500. The number of unbranched alkanes of at least 4 members (excludes halogenated alkanes) is 2. The predicted molar refractivity (Wildman–Crippen MR) is 68.8 cm³/mol. The smallest absolute Gasteiger partial charge is 0.162 e. The summed E-state index contributed by atoms with van der Waals surface area (Å²) in [5.74, 6) is 1.28. The zero-order chi connectivity index (χ0) is 13.2. The van der Waals surface area contributed by atoms with Crippen LogP contribution in [0, 0.1) is 11.3 Å². The summed E-state index contributed by atoms with van der Waals surface area (Å²) >= 11 is 0. The second-order valence-corrected chi connectivity index (χ2v) is 3.84. The minimum atomic E-state index is 0.223. The molecule has 18 heavy (non-hydrogen) atoms. The summed E-state index contributed by atoms with van der Waals surface area (Å²) in [5.41, 5.74) is 0.561. The molecule has 0 aliphatic heterocycles. The molecule has 0 aromatic heterocycles. The van der Waals surface area contributed by atoms with Gasteiger partial charge in [-0.05, 0) is 38.3 Å². The van der Waals surface area contributed by atoms with Gasteiger partial charge in [-0.3, -0.25) is 0 Å². The Kier molecular flexibility index (Phi) is 6.67. The Morgan fingerprint density at radius 3 is 2.67 bits per heavy atom. The summed E-state index contributed by atoms with van der Waals surface area (Å²) in [4.78, 5) is 0. The van der Waals surface area contributed by atoms with Crippen LogP contribution in [0.15, 0.2) is 18.2 Å². The quantitative estimate of drug-likeness (QED) is 0.719. The minimum absolute atomic E-state index is 0.223. The van der Waals surface area contributed by atoms with Crippen molar-refractivity contribution in [2.24, 2.45) is 0 Å². The first-order chi connectivity index (χ1) is 8.81. The van der Waals surface area contributed by atoms with Crippen LogP contribution in [-0.2, 0) is 0 Å². The van der Waals surface area contributed by atoms with E-state index in [2.05, 4.69) is 6.07 Å². The number of hydrogen-bond donors (Lipinski definition) is 1. The molecule has 1 aromatic carbocycles. The van der Waals surface area contributed by atoms with Crippen LogP contribution in [0.1, 0.15) is 31.7 Å². The second-order valence-electron chi connectivity index (χ2n) is 3.84. The van der Waals surface area contributed by atoms with E-state index in [1.807, 2.05) is 6.92 Å². The molecule has 0 aliphatic carbocycles. The largest absolute Gasteiger partial charge is 0.490 e. The van der Waals surface area contributed by atoms with E-state index in [4.69, 9.17) is 19.8 Å². The van der Waals surface area contributed by atoms with Crippen LogP contribution in [-0.4, -0.2) is 24.9 Å². The highest BCUT2D eigenvalue weighted by molar-refractivity contribution is 5.46. The van der Waals surface area contributed by atoms with Crippen LogP contribution in [0.5, 0.6) is 11.5 Å². The van der Waals surface area contributed by atoms with Gasteiger partial charge in [0.2, 0.25) is 0 Å². The highest BCUT2D eigenvalue weighted by Crippen LogP contribution is 2.28. The summed E-state index contributed by atoms with van der Waals surface area (Å²) in [6.07, 6.45) is 2.64. The van der Waals surface area contributed by atoms with Crippen molar-refractivity contribution in [1.29, 1.82) is 5.26 Å². The van der Waals surface area contributed by atoms with E-state index in [1.165, 1.54) is 0 Å². The van der Waals surface area contributed by atoms with E-state index >= 15 is 0 Å². The lowest BCUT2D eigenvalue weighted by molar-refractivity contribution is 0.255. The second kappa shape index (κ2) is 8.37. The van der Waals surface area contributed by atoms with Crippen LogP contribution < -0.4 is 9.47 Å². The number of nitrogens with zero attached hydrogens (tertiary/aromatic N) is 1. The molecule has 0 fully saturated rings. The molecule has 0 atom stereocenters. The van der Waals surface area contributed by atoms with Crippen molar-refractivity contribution in [3.63, 3.8) is 0 Å². The lowest BCUT2D eigenvalue weighted by atomic mass is 10.2. The third kappa shape index (κ3) is 4.64. The van der Waals surface area contributed by atoms with Gasteiger partial charge in [0, 0.05) is 12.7 Å². The topological polar surface area (TPSA) is 62.5 Å². The van der Waals surface area contributed by atoms with Crippen molar-refractivity contribution in [2.75, 3.05) is 19.8 Å². The third-order valence-electron chi connectivity index (χ3n) is 2.43. The van der Waals surface area contributed by atoms with E-state index in [-0.39, 0.29) is 6.61 Å². The summed E-state index contributed by atoms with van der Waals surface area (Å²) < 4.78 is 11.1. The van der Waals surface area contributed by atoms with Gasteiger partial charge in [0.15, 0.2) is 11.5 Å². The van der Waals surface area contributed by atoms with E-state index in [0.29, 0.717) is 30.3 Å². The average molecular weight is 249 g/mol. The lowest BCUT2D eigenvalue weighted by Gasteiger charge is -2.11. The fourth-order valence-corrected chi connectivity index (χ4v) is 1.54. The SMILES string of the molecule is CCOc1cc(C#N)ccc1OCCCCCO. The van der Waals surface area contributed by atoms with E-state index in [9.17, 15) is 0 Å². The van der Waals surface area contributed by atoms with Gasteiger partial charge in [0.1, 0.15) is 0 Å². The molecule has 0 bridgehead atoms. The number of aliphatic hydroxyl groups is 1. The number of benzene rings is 1. The number of aliphatic hydroxyl groups excluding tert-OH is 1. The van der Waals surface area contributed by atoms with Crippen LogP contribution in [0.25, 0.3) is 0 Å². The molecule has 0 aliphatic rings. The van der Waals surface area contributed by atoms with Crippen molar-refractivity contribution >= 4 is 0 Å². The third-order valence-corrected chi connectivity index (χ3v) is 2.43. The van der Waals surface area contributed by atoms with Crippen LogP contribution in [0.4, 0.5) is 0 Å². The molecule has 1 aromatic rings. The van der Waals surface area contributed by atoms with Gasteiger partial charge in [0.05, 0.1) is 24.8 Å². The van der Waals surface area contributed by atoms with Gasteiger partial charge < -0.3 is 14.6 Å². The van der Waals surface area contributed by atoms with E-state index in [1.54, 1.807) is 18.2 Å². The first kappa shape index (κ1) is 14.3. The van der Waals surface area contributed by atoms with Gasteiger partial charge >= 0.3 is 0 Å². The Labute approximate surface area is 108 Å². The van der Waals surface area contributed by atoms with E-state index in [0.717, 1.165) is 19.3 Å². The highest BCUT2D eigenvalue weighted by atomic mass is 16.5. The van der Waals surface area contributed by atoms with Crippen LogP contribution >= 0.6 is 0 Å². The van der Waals surface area contributed by atoms with Crippen molar-refractivity contribution < 1.29 is 14.6 Å². The van der Waals surface area contributed by atoms with Crippen molar-refractivity contribution in [2.45, 2.75) is 26.2 Å². The number of ether oxygens (including phenoxy) is 2. The standard InChI is InChI=1S/C14H19NO3/c1-2-17-14-10-12(11-15)6-7-13(14)18-9-5-3-4-8-16/h6-7,10,16H,2-5,8-9H2,1H3. The van der Waals surface area contributed by atoms with Crippen molar-refractivity contribution in [1.82, 2.24) is 0 Å². The lowest BCUT2D eigenvalue weighted by Crippen LogP contribution is -2.01. The predicted octanol–water partition coefficient (Wildman–Crippen LogP) is 2.50. The first-order valence-corrected chi connectivity index (χ1v) is 6.22. The zero-order valence-electron chi connectivity index (χ0n) is 10.7. The molecule has 0 heterocycles. The number of hydrogen-bond acceptors (Lipinski definition) is 4. The maximum atomic E-state index is 8.82. The molecule has 0 saturated heterocycles. The van der Waals surface area contributed by atoms with Crippen LogP contribution in [0.3, 0.4) is 0 Å². The fourth-order valence-electron chi connectivity index (χ4n) is 1.54. The van der Waals surface area contributed by atoms with Gasteiger partial charge in [-0.25, -0.2) is 0 Å². The van der Waals surface area contributed by atoms with Gasteiger partial charge in [-0.2, -0.15) is 5.26 Å². The molecule has 0 spiro atoms. The Morgan fingerprint density at radius 1 is 1.17 bits per heavy atom. The Hall–Kier alpha value is -1.73. The van der Waals surface area contributed by atoms with Gasteiger partial charge in [0.25, 0.3) is 0 Å². The maximum absolute atomic E-state index is 8.82. The minimum Gasteiger partial charge on any atom is -0.490 e.